The average molecular weight is 702 g/mol. The van der Waals surface area contributed by atoms with Crippen LogP contribution < -0.4 is 0 Å². The number of furan rings is 1. The van der Waals surface area contributed by atoms with Gasteiger partial charge in [0.2, 0.25) is 0 Å². The van der Waals surface area contributed by atoms with Gasteiger partial charge in [-0.1, -0.05) is 170 Å². The zero-order valence-corrected chi connectivity index (χ0v) is 29.6. The first-order valence-electron chi connectivity index (χ1n) is 18.5. The van der Waals surface area contributed by atoms with Crippen LogP contribution in [0, 0.1) is 0 Å². The van der Waals surface area contributed by atoms with Crippen LogP contribution in [-0.4, -0.2) is 15.0 Å². The minimum absolute atomic E-state index is 0.629. The van der Waals surface area contributed by atoms with Crippen LogP contribution in [0.2, 0.25) is 0 Å². The molecule has 4 nitrogen and oxygen atoms in total. The number of hydrogen-bond donors (Lipinski definition) is 0. The maximum absolute atomic E-state index is 7.10. The van der Waals surface area contributed by atoms with Gasteiger partial charge in [0, 0.05) is 38.6 Å². The molecule has 2 aromatic heterocycles. The number of hydrogen-bond acceptors (Lipinski definition) is 4. The van der Waals surface area contributed by atoms with Gasteiger partial charge in [-0.15, -0.1) is 0 Å². The van der Waals surface area contributed by atoms with E-state index in [1.54, 1.807) is 0 Å². The molecule has 0 saturated carbocycles. The normalized spacial score (nSPS) is 11.6. The molecule has 0 aliphatic carbocycles. The third-order valence-electron chi connectivity index (χ3n) is 10.7. The summed E-state index contributed by atoms with van der Waals surface area (Å²) in [7, 11) is 0. The summed E-state index contributed by atoms with van der Waals surface area (Å²) in [5, 5.41) is 9.11. The van der Waals surface area contributed by atoms with Crippen molar-refractivity contribution in [1.29, 1.82) is 0 Å². The zero-order valence-electron chi connectivity index (χ0n) is 29.6. The lowest BCUT2D eigenvalue weighted by Crippen LogP contribution is -2.00. The first-order chi connectivity index (χ1) is 27.3. The molecular weight excluding hydrogens is 671 g/mol. The zero-order chi connectivity index (χ0) is 36.3. The highest BCUT2D eigenvalue weighted by atomic mass is 16.3. The molecule has 0 unspecified atom stereocenters. The van der Waals surface area contributed by atoms with E-state index in [1.807, 2.05) is 60.7 Å². The summed E-state index contributed by atoms with van der Waals surface area (Å²) in [6.45, 7) is 0. The number of para-hydroxylation sites is 1. The van der Waals surface area contributed by atoms with Gasteiger partial charge in [-0.2, -0.15) is 0 Å². The topological polar surface area (TPSA) is 51.8 Å². The Hall–Kier alpha value is -7.43. The van der Waals surface area contributed by atoms with E-state index < -0.39 is 0 Å². The summed E-state index contributed by atoms with van der Waals surface area (Å²) >= 11 is 0. The van der Waals surface area contributed by atoms with E-state index in [2.05, 4.69) is 127 Å². The van der Waals surface area contributed by atoms with Gasteiger partial charge in [-0.05, 0) is 61.6 Å². The van der Waals surface area contributed by atoms with E-state index in [0.717, 1.165) is 71.7 Å². The molecule has 0 radical (unpaired) electrons. The minimum atomic E-state index is 0.629. The smallest absolute Gasteiger partial charge is 0.164 e. The van der Waals surface area contributed by atoms with Gasteiger partial charge in [0.15, 0.2) is 17.5 Å². The number of aromatic nitrogens is 3. The summed E-state index contributed by atoms with van der Waals surface area (Å²) in [4.78, 5) is 15.1. The monoisotopic (exact) mass is 701 g/mol. The highest BCUT2D eigenvalue weighted by molar-refractivity contribution is 6.21. The van der Waals surface area contributed by atoms with E-state index >= 15 is 0 Å². The van der Waals surface area contributed by atoms with E-state index in [9.17, 15) is 0 Å². The predicted octanol–water partition coefficient (Wildman–Crippen LogP) is 13.6. The maximum atomic E-state index is 7.10. The Bertz CT molecular complexity index is 3200. The summed E-state index contributed by atoms with van der Waals surface area (Å²) in [6.07, 6.45) is 0. The maximum Gasteiger partial charge on any atom is 0.164 e. The van der Waals surface area contributed by atoms with E-state index in [4.69, 9.17) is 19.4 Å². The molecule has 0 spiro atoms. The molecule has 9 aromatic carbocycles. The van der Waals surface area contributed by atoms with Gasteiger partial charge in [-0.3, -0.25) is 0 Å². The van der Waals surface area contributed by atoms with Crippen molar-refractivity contribution in [2.45, 2.75) is 0 Å². The Kier molecular flexibility index (Phi) is 7.14. The van der Waals surface area contributed by atoms with Crippen molar-refractivity contribution in [3.63, 3.8) is 0 Å². The lowest BCUT2D eigenvalue weighted by molar-refractivity contribution is 0.671. The first kappa shape index (κ1) is 31.1. The van der Waals surface area contributed by atoms with Crippen LogP contribution >= 0.6 is 0 Å². The second-order valence-electron chi connectivity index (χ2n) is 13.9. The number of benzene rings is 9. The van der Waals surface area contributed by atoms with Crippen molar-refractivity contribution >= 4 is 54.3 Å². The quantitative estimate of drug-likeness (QED) is 0.179. The SMILES string of the molecule is c1ccc(-c2nc(-c3ccccc3)nc(-c3ccc(-c4cccc5c4oc4c(-c6ccc7ccccc7c6)c6ccccc6cc45)c4ccccc34)n2)cc1. The van der Waals surface area contributed by atoms with E-state index in [0.29, 0.717) is 17.5 Å². The summed E-state index contributed by atoms with van der Waals surface area (Å²) in [5.41, 5.74) is 8.95. The van der Waals surface area contributed by atoms with E-state index in [1.165, 1.54) is 21.5 Å². The van der Waals surface area contributed by atoms with Gasteiger partial charge in [-0.25, -0.2) is 15.0 Å². The number of nitrogens with zero attached hydrogens (tertiary/aromatic N) is 3. The van der Waals surface area contributed by atoms with Gasteiger partial charge >= 0.3 is 0 Å². The molecule has 0 aliphatic heterocycles. The minimum Gasteiger partial charge on any atom is -0.455 e. The first-order valence-corrected chi connectivity index (χ1v) is 18.5. The molecule has 2 heterocycles. The Labute approximate surface area is 317 Å². The summed E-state index contributed by atoms with van der Waals surface area (Å²) < 4.78 is 7.10. The third kappa shape index (κ3) is 5.19. The van der Waals surface area contributed by atoms with Crippen molar-refractivity contribution in [1.82, 2.24) is 15.0 Å². The fourth-order valence-electron chi connectivity index (χ4n) is 8.10. The molecule has 256 valence electrons. The molecule has 4 heteroatoms. The second kappa shape index (κ2) is 12.6. The van der Waals surface area contributed by atoms with Crippen molar-refractivity contribution in [2.24, 2.45) is 0 Å². The molecule has 0 amide bonds. The molecular formula is C51H31N3O. The van der Waals surface area contributed by atoms with Crippen molar-refractivity contribution in [3.8, 4) is 56.4 Å². The fourth-order valence-corrected chi connectivity index (χ4v) is 8.10. The molecule has 0 fully saturated rings. The highest BCUT2D eigenvalue weighted by Crippen LogP contribution is 2.45. The van der Waals surface area contributed by atoms with Gasteiger partial charge in [0.25, 0.3) is 0 Å². The Morgan fingerprint density at radius 3 is 1.58 bits per heavy atom. The van der Waals surface area contributed by atoms with Crippen LogP contribution in [0.25, 0.3) is 111 Å². The largest absolute Gasteiger partial charge is 0.455 e. The number of fused-ring (bicyclic) bond motifs is 6. The van der Waals surface area contributed by atoms with Crippen LogP contribution in [0.1, 0.15) is 0 Å². The lowest BCUT2D eigenvalue weighted by atomic mass is 9.92. The molecule has 0 saturated heterocycles. The van der Waals surface area contributed by atoms with E-state index in [-0.39, 0.29) is 0 Å². The number of rotatable bonds is 5. The molecule has 0 bridgehead atoms. The van der Waals surface area contributed by atoms with Crippen LogP contribution in [0.15, 0.2) is 192 Å². The standard InChI is InChI=1S/C51H31N3O/c1-3-15-33(16-4-1)49-52-50(34-17-5-2-6-18-34)54-51(53-49)44-29-28-41(39-22-11-12-23-40(39)44)42-24-13-25-43-45-31-36-20-9-10-21-38(36)46(48(45)55-47(42)43)37-27-26-32-14-7-8-19-35(32)30-37/h1-31H. The average Bonchev–Trinajstić information content (AvgIpc) is 3.64. The molecule has 55 heavy (non-hydrogen) atoms. The van der Waals surface area contributed by atoms with Crippen LogP contribution in [0.3, 0.4) is 0 Å². The molecule has 11 rings (SSSR count). The Balaban J connectivity index is 1.13. The Morgan fingerprint density at radius 2 is 0.855 bits per heavy atom. The van der Waals surface area contributed by atoms with Crippen molar-refractivity contribution in [2.75, 3.05) is 0 Å². The molecule has 0 atom stereocenters. The highest BCUT2D eigenvalue weighted by Gasteiger charge is 2.21. The summed E-state index contributed by atoms with van der Waals surface area (Å²) in [6, 6.07) is 65.7. The summed E-state index contributed by atoms with van der Waals surface area (Å²) in [5.74, 6) is 1.91. The van der Waals surface area contributed by atoms with Gasteiger partial charge < -0.3 is 4.42 Å². The van der Waals surface area contributed by atoms with Crippen LogP contribution in [0.5, 0.6) is 0 Å². The van der Waals surface area contributed by atoms with Crippen molar-refractivity contribution in [3.05, 3.63) is 188 Å². The third-order valence-corrected chi connectivity index (χ3v) is 10.7. The van der Waals surface area contributed by atoms with Gasteiger partial charge in [0.05, 0.1) is 0 Å². The van der Waals surface area contributed by atoms with Gasteiger partial charge in [0.1, 0.15) is 11.2 Å². The Morgan fingerprint density at radius 1 is 0.291 bits per heavy atom. The molecule has 11 aromatic rings. The fraction of sp³-hybridized carbons (Fsp3) is 0. The van der Waals surface area contributed by atoms with Crippen LogP contribution in [-0.2, 0) is 0 Å². The van der Waals surface area contributed by atoms with Crippen LogP contribution in [0.4, 0.5) is 0 Å². The lowest BCUT2D eigenvalue weighted by Gasteiger charge is -2.13. The second-order valence-corrected chi connectivity index (χ2v) is 13.9. The predicted molar refractivity (Wildman–Crippen MR) is 227 cm³/mol. The molecule has 0 aliphatic rings. The molecule has 0 N–H and O–H groups in total. The van der Waals surface area contributed by atoms with Crippen molar-refractivity contribution < 1.29 is 4.42 Å².